The molecule has 1 aliphatic carbocycles. The van der Waals surface area contributed by atoms with Gasteiger partial charge in [0, 0.05) is 56.0 Å². The van der Waals surface area contributed by atoms with Gasteiger partial charge in [-0.15, -0.1) is 6.42 Å². The molecule has 4 aromatic rings. The van der Waals surface area contributed by atoms with Gasteiger partial charge in [-0.05, 0) is 88.3 Å². The molecule has 2 bridgehead atoms. The second kappa shape index (κ2) is 13.1. The Morgan fingerprint density at radius 2 is 1.91 bits per heavy atom. The third-order valence-electron chi connectivity index (χ3n) is 12.1. The predicted molar refractivity (Wildman–Crippen MR) is 208 cm³/mol. The summed E-state index contributed by atoms with van der Waals surface area (Å²) in [4.78, 5) is 34.4. The van der Waals surface area contributed by atoms with Crippen molar-refractivity contribution in [2.75, 3.05) is 51.6 Å². The predicted octanol–water partition coefficient (Wildman–Crippen LogP) is 7.10. The van der Waals surface area contributed by atoms with Crippen LogP contribution in [0.1, 0.15) is 64.9 Å². The first-order valence-electron chi connectivity index (χ1n) is 19.2. The van der Waals surface area contributed by atoms with Crippen LogP contribution in [0.2, 0.25) is 0 Å². The van der Waals surface area contributed by atoms with Gasteiger partial charge in [-0.25, -0.2) is 9.18 Å². The molecule has 4 saturated heterocycles. The molecule has 2 aromatic carbocycles. The molecule has 12 heteroatoms. The molecule has 9 rings (SSSR count). The highest BCUT2D eigenvalue weighted by molar-refractivity contribution is 6.03. The summed E-state index contributed by atoms with van der Waals surface area (Å²) in [6.07, 6.45) is 13.3. The van der Waals surface area contributed by atoms with Crippen LogP contribution in [0.3, 0.4) is 0 Å². The Morgan fingerprint density at radius 1 is 1.13 bits per heavy atom. The fourth-order valence-electron chi connectivity index (χ4n) is 9.65. The van der Waals surface area contributed by atoms with Crippen LogP contribution in [0.5, 0.6) is 11.8 Å². The monoisotopic (exact) mass is 746 g/mol. The molecule has 3 atom stereocenters. The lowest BCUT2D eigenvalue weighted by molar-refractivity contribution is 0.0122. The standard InChI is InChI=1S/C43H47FN6O5/c1-7-27-9-8-10-28-15-31(54-25-52-6)16-32(34(27)28)36-35(44)37-33(18-45-36)38(48-20-29-11-12-30(21-48)50(29)40(51)55-41(3,4)5)47-39(46-37)53-24-43-17-26(2)19-49(43)23-42(22-43)13-14-42/h1,8-10,15-16,18,29-30H,2,11-14,17,19-25H2,3-6H3. The van der Waals surface area contributed by atoms with E-state index in [-0.39, 0.29) is 47.7 Å². The molecular formula is C43H47FN6O5. The van der Waals surface area contributed by atoms with Gasteiger partial charge < -0.3 is 23.8 Å². The van der Waals surface area contributed by atoms with Crippen LogP contribution in [0.15, 0.2) is 48.7 Å². The van der Waals surface area contributed by atoms with Gasteiger partial charge in [-0.2, -0.15) is 9.97 Å². The molecule has 3 unspecified atom stereocenters. The number of amides is 1. The lowest BCUT2D eigenvalue weighted by atomic mass is 9.88. The van der Waals surface area contributed by atoms with E-state index in [9.17, 15) is 4.79 Å². The quantitative estimate of drug-likeness (QED) is 0.105. The van der Waals surface area contributed by atoms with Crippen LogP contribution in [-0.4, -0.2) is 101 Å². The van der Waals surface area contributed by atoms with Crippen molar-refractivity contribution in [1.29, 1.82) is 0 Å². The second-order valence-corrected chi connectivity index (χ2v) is 17.2. The average Bonchev–Trinajstić information content (AvgIpc) is 3.64. The highest BCUT2D eigenvalue weighted by Gasteiger charge is 2.61. The maximum absolute atomic E-state index is 17.4. The molecule has 5 fully saturated rings. The van der Waals surface area contributed by atoms with Gasteiger partial charge >= 0.3 is 12.1 Å². The maximum Gasteiger partial charge on any atom is 0.410 e. The fourth-order valence-corrected chi connectivity index (χ4v) is 9.65. The molecule has 0 radical (unpaired) electrons. The van der Waals surface area contributed by atoms with Crippen molar-refractivity contribution in [3.05, 3.63) is 60.1 Å². The number of pyridine rings is 1. The van der Waals surface area contributed by atoms with Gasteiger partial charge in [0.25, 0.3) is 0 Å². The number of hydrogen-bond donors (Lipinski definition) is 0. The number of carbonyl (C=O) groups excluding carboxylic acids is 1. The van der Waals surface area contributed by atoms with Gasteiger partial charge in [0.05, 0.1) is 23.0 Å². The van der Waals surface area contributed by atoms with Gasteiger partial charge in [0.15, 0.2) is 12.6 Å². The normalized spacial score (nSPS) is 24.1. The van der Waals surface area contributed by atoms with Crippen LogP contribution in [0, 0.1) is 23.6 Å². The van der Waals surface area contributed by atoms with Crippen molar-refractivity contribution in [3.8, 4) is 35.4 Å². The number of ether oxygens (including phenoxy) is 4. The number of methoxy groups -OCH3 is 1. The Bertz CT molecular complexity index is 2270. The largest absolute Gasteiger partial charge is 0.468 e. The van der Waals surface area contributed by atoms with E-state index in [0.717, 1.165) is 44.2 Å². The molecule has 6 heterocycles. The zero-order valence-electron chi connectivity index (χ0n) is 32.0. The van der Waals surface area contributed by atoms with Crippen LogP contribution < -0.4 is 14.4 Å². The zero-order valence-corrected chi connectivity index (χ0v) is 32.0. The van der Waals surface area contributed by atoms with Crippen molar-refractivity contribution in [3.63, 3.8) is 0 Å². The van der Waals surface area contributed by atoms with Crippen molar-refractivity contribution in [2.24, 2.45) is 5.41 Å². The molecule has 2 aromatic heterocycles. The molecule has 11 nitrogen and oxygen atoms in total. The summed E-state index contributed by atoms with van der Waals surface area (Å²) in [6, 6.07) is 9.11. The minimum atomic E-state index is -0.620. The highest BCUT2D eigenvalue weighted by atomic mass is 19.1. The minimum absolute atomic E-state index is 0.0151. The number of anilines is 1. The van der Waals surface area contributed by atoms with Gasteiger partial charge in [-0.3, -0.25) is 14.8 Å². The Hall–Kier alpha value is -4.99. The Labute approximate surface area is 320 Å². The third-order valence-corrected chi connectivity index (χ3v) is 12.1. The van der Waals surface area contributed by atoms with Crippen LogP contribution in [0.4, 0.5) is 15.0 Å². The van der Waals surface area contributed by atoms with Crippen molar-refractivity contribution in [1.82, 2.24) is 24.8 Å². The van der Waals surface area contributed by atoms with E-state index in [1.807, 2.05) is 49.9 Å². The van der Waals surface area contributed by atoms with Crippen molar-refractivity contribution >= 4 is 33.6 Å². The van der Waals surface area contributed by atoms with E-state index in [2.05, 4.69) is 22.3 Å². The van der Waals surface area contributed by atoms with Gasteiger partial charge in [0.1, 0.15) is 35.0 Å². The molecular weight excluding hydrogens is 700 g/mol. The number of nitrogens with zero attached hydrogens (tertiary/aromatic N) is 6. The minimum Gasteiger partial charge on any atom is -0.468 e. The number of carbonyl (C=O) groups is 1. The van der Waals surface area contributed by atoms with E-state index < -0.39 is 11.4 Å². The lowest BCUT2D eigenvalue weighted by Crippen LogP contribution is -2.57. The molecule has 4 aliphatic heterocycles. The van der Waals surface area contributed by atoms with E-state index >= 15 is 4.39 Å². The summed E-state index contributed by atoms with van der Waals surface area (Å²) in [5.74, 6) is 3.15. The Balaban J connectivity index is 1.14. The van der Waals surface area contributed by atoms with Gasteiger partial charge in [-0.1, -0.05) is 30.2 Å². The number of aromatic nitrogens is 3. The van der Waals surface area contributed by atoms with Crippen LogP contribution in [0.25, 0.3) is 32.9 Å². The van der Waals surface area contributed by atoms with Crippen molar-refractivity contribution < 1.29 is 28.1 Å². The number of halogens is 1. The summed E-state index contributed by atoms with van der Waals surface area (Å²) in [5, 5.41) is 1.91. The molecule has 5 aliphatic rings. The average molecular weight is 747 g/mol. The Kier molecular flexibility index (Phi) is 8.48. The lowest BCUT2D eigenvalue weighted by Gasteiger charge is -2.42. The smallest absolute Gasteiger partial charge is 0.410 e. The summed E-state index contributed by atoms with van der Waals surface area (Å²) >= 11 is 0. The Morgan fingerprint density at radius 3 is 2.62 bits per heavy atom. The fraction of sp³-hybridized carbons (Fsp3) is 0.488. The molecule has 0 N–H and O–H groups in total. The molecule has 1 saturated carbocycles. The van der Waals surface area contributed by atoms with E-state index in [1.54, 1.807) is 19.4 Å². The highest BCUT2D eigenvalue weighted by Crippen LogP contribution is 2.61. The number of benzene rings is 2. The summed E-state index contributed by atoms with van der Waals surface area (Å²) in [7, 11) is 1.54. The molecule has 286 valence electrons. The first kappa shape index (κ1) is 35.7. The molecule has 1 spiro atoms. The van der Waals surface area contributed by atoms with E-state index in [1.165, 1.54) is 18.4 Å². The summed E-state index contributed by atoms with van der Waals surface area (Å²) in [5.41, 5.74) is 2.03. The van der Waals surface area contributed by atoms with E-state index in [4.69, 9.17) is 40.3 Å². The topological polar surface area (TPSA) is 102 Å². The molecule has 1 amide bonds. The summed E-state index contributed by atoms with van der Waals surface area (Å²) in [6.45, 7) is 13.3. The summed E-state index contributed by atoms with van der Waals surface area (Å²) < 4.78 is 40.8. The first-order valence-corrected chi connectivity index (χ1v) is 19.2. The van der Waals surface area contributed by atoms with Gasteiger partial charge in [0.2, 0.25) is 0 Å². The van der Waals surface area contributed by atoms with Crippen LogP contribution in [-0.2, 0) is 9.47 Å². The molecule has 55 heavy (non-hydrogen) atoms. The maximum atomic E-state index is 17.4. The second-order valence-electron chi connectivity index (χ2n) is 17.2. The third kappa shape index (κ3) is 6.31. The van der Waals surface area contributed by atoms with Crippen molar-refractivity contribution in [2.45, 2.75) is 82.5 Å². The number of piperazine rings is 1. The van der Waals surface area contributed by atoms with E-state index in [0.29, 0.717) is 58.6 Å². The number of hydrogen-bond acceptors (Lipinski definition) is 10. The van der Waals surface area contributed by atoms with Crippen LogP contribution >= 0.6 is 0 Å². The SMILES string of the molecule is C#Cc1cccc2cc(OCOC)cc(-c3ncc4c(N5CC6CCC(C5)N6C(=O)OC(C)(C)C)nc(OCC56CC(=C)CN5CC5(CC5)C6)nc4c3F)c12. The number of terminal acetylenes is 1. The number of fused-ring (bicyclic) bond motifs is 5. The number of rotatable bonds is 8. The zero-order chi connectivity index (χ0) is 38.3. The first-order chi connectivity index (χ1) is 26.4.